The Morgan fingerprint density at radius 1 is 1.03 bits per heavy atom. The SMILES string of the molecule is COc1ccc(NC(=O)c2ccc(S(=O)(=O)N3CCCCC3C)cc2)cc1OC. The Balaban J connectivity index is 1.75. The Kier molecular flexibility index (Phi) is 6.44. The molecule has 0 aliphatic carbocycles. The number of benzene rings is 2. The van der Waals surface area contributed by atoms with Gasteiger partial charge >= 0.3 is 0 Å². The summed E-state index contributed by atoms with van der Waals surface area (Å²) in [5.74, 6) is 0.724. The van der Waals surface area contributed by atoms with Crippen molar-refractivity contribution in [2.45, 2.75) is 37.1 Å². The van der Waals surface area contributed by atoms with Crippen LogP contribution in [0.5, 0.6) is 11.5 Å². The van der Waals surface area contributed by atoms with E-state index in [-0.39, 0.29) is 16.8 Å². The van der Waals surface area contributed by atoms with Gasteiger partial charge in [0.2, 0.25) is 10.0 Å². The van der Waals surface area contributed by atoms with Gasteiger partial charge in [-0.05, 0) is 56.2 Å². The topological polar surface area (TPSA) is 84.9 Å². The van der Waals surface area contributed by atoms with Crippen LogP contribution in [0.4, 0.5) is 5.69 Å². The molecule has 8 heteroatoms. The van der Waals surface area contributed by atoms with E-state index in [0.29, 0.717) is 29.3 Å². The van der Waals surface area contributed by atoms with Gasteiger partial charge in [-0.3, -0.25) is 4.79 Å². The number of rotatable bonds is 6. The number of sulfonamides is 1. The van der Waals surface area contributed by atoms with Gasteiger partial charge in [0, 0.05) is 29.9 Å². The third-order valence-electron chi connectivity index (χ3n) is 5.11. The average Bonchev–Trinajstić information content (AvgIpc) is 2.73. The summed E-state index contributed by atoms with van der Waals surface area (Å²) in [5, 5.41) is 2.78. The molecule has 1 atom stereocenters. The van der Waals surface area contributed by atoms with Crippen LogP contribution in [0.2, 0.25) is 0 Å². The number of carbonyl (C=O) groups is 1. The minimum absolute atomic E-state index is 0.0122. The summed E-state index contributed by atoms with van der Waals surface area (Å²) in [5.41, 5.74) is 0.914. The number of hydrogen-bond acceptors (Lipinski definition) is 5. The van der Waals surface area contributed by atoms with Gasteiger partial charge in [0.1, 0.15) is 0 Å². The van der Waals surface area contributed by atoms with E-state index in [1.165, 1.54) is 38.5 Å². The predicted molar refractivity (Wildman–Crippen MR) is 111 cm³/mol. The molecule has 0 aromatic heterocycles. The zero-order valence-electron chi connectivity index (χ0n) is 16.8. The number of nitrogens with one attached hydrogen (secondary N) is 1. The zero-order chi connectivity index (χ0) is 21.0. The molecule has 7 nitrogen and oxygen atoms in total. The summed E-state index contributed by atoms with van der Waals surface area (Å²) >= 11 is 0. The van der Waals surface area contributed by atoms with Crippen molar-refractivity contribution in [2.75, 3.05) is 26.1 Å². The van der Waals surface area contributed by atoms with Gasteiger partial charge in [-0.1, -0.05) is 6.42 Å². The van der Waals surface area contributed by atoms with E-state index in [4.69, 9.17) is 9.47 Å². The number of nitrogens with zero attached hydrogens (tertiary/aromatic N) is 1. The molecule has 1 aliphatic heterocycles. The van der Waals surface area contributed by atoms with Crippen molar-refractivity contribution in [3.05, 3.63) is 48.0 Å². The van der Waals surface area contributed by atoms with E-state index in [1.807, 2.05) is 6.92 Å². The number of carbonyl (C=O) groups excluding carboxylic acids is 1. The maximum absolute atomic E-state index is 12.9. The van der Waals surface area contributed by atoms with Crippen LogP contribution in [0.15, 0.2) is 47.4 Å². The normalized spacial score (nSPS) is 17.6. The lowest BCUT2D eigenvalue weighted by molar-refractivity contribution is 0.102. The van der Waals surface area contributed by atoms with Crippen molar-refractivity contribution in [2.24, 2.45) is 0 Å². The van der Waals surface area contributed by atoms with Gasteiger partial charge < -0.3 is 14.8 Å². The number of methoxy groups -OCH3 is 2. The largest absolute Gasteiger partial charge is 0.493 e. The summed E-state index contributed by atoms with van der Waals surface area (Å²) in [6.45, 7) is 2.46. The Labute approximate surface area is 171 Å². The molecule has 1 fully saturated rings. The van der Waals surface area contributed by atoms with Gasteiger partial charge in [0.15, 0.2) is 11.5 Å². The molecule has 1 amide bonds. The zero-order valence-corrected chi connectivity index (χ0v) is 17.7. The van der Waals surface area contributed by atoms with Crippen molar-refractivity contribution in [1.29, 1.82) is 0 Å². The molecule has 0 radical (unpaired) electrons. The van der Waals surface area contributed by atoms with E-state index in [1.54, 1.807) is 22.5 Å². The molecule has 0 saturated carbocycles. The standard InChI is InChI=1S/C21H26N2O5S/c1-15-6-4-5-13-23(15)29(25,26)18-10-7-16(8-11-18)21(24)22-17-9-12-19(27-2)20(14-17)28-3/h7-12,14-15H,4-6,13H2,1-3H3,(H,22,24). The molecule has 1 unspecified atom stereocenters. The summed E-state index contributed by atoms with van der Waals surface area (Å²) in [4.78, 5) is 12.7. The summed E-state index contributed by atoms with van der Waals surface area (Å²) < 4.78 is 37.8. The third-order valence-corrected chi connectivity index (χ3v) is 7.13. The first kappa shape index (κ1) is 21.1. The van der Waals surface area contributed by atoms with E-state index < -0.39 is 10.0 Å². The lowest BCUT2D eigenvalue weighted by Gasteiger charge is -2.32. The highest BCUT2D eigenvalue weighted by atomic mass is 32.2. The molecule has 1 aliphatic rings. The average molecular weight is 419 g/mol. The molecular weight excluding hydrogens is 392 g/mol. The molecule has 2 aromatic rings. The van der Waals surface area contributed by atoms with E-state index in [2.05, 4.69) is 5.32 Å². The fraction of sp³-hybridized carbons (Fsp3) is 0.381. The highest BCUT2D eigenvalue weighted by Gasteiger charge is 2.30. The van der Waals surface area contributed by atoms with Crippen LogP contribution in [0.1, 0.15) is 36.5 Å². The monoisotopic (exact) mass is 418 g/mol. The molecule has 0 bridgehead atoms. The molecule has 1 N–H and O–H groups in total. The maximum Gasteiger partial charge on any atom is 0.255 e. The predicted octanol–water partition coefficient (Wildman–Crippen LogP) is 3.52. The van der Waals surface area contributed by atoms with Crippen molar-refractivity contribution in [3.63, 3.8) is 0 Å². The molecule has 1 saturated heterocycles. The fourth-order valence-corrected chi connectivity index (χ4v) is 5.16. The van der Waals surface area contributed by atoms with E-state index in [9.17, 15) is 13.2 Å². The first-order chi connectivity index (χ1) is 13.9. The van der Waals surface area contributed by atoms with Crippen molar-refractivity contribution in [3.8, 4) is 11.5 Å². The van der Waals surface area contributed by atoms with Crippen molar-refractivity contribution in [1.82, 2.24) is 4.31 Å². The first-order valence-corrected chi connectivity index (χ1v) is 11.0. The second kappa shape index (κ2) is 8.84. The minimum atomic E-state index is -3.56. The van der Waals surface area contributed by atoms with E-state index in [0.717, 1.165) is 19.3 Å². The molecule has 1 heterocycles. The van der Waals surface area contributed by atoms with Crippen LogP contribution in [0.3, 0.4) is 0 Å². The summed E-state index contributed by atoms with van der Waals surface area (Å²) in [6.07, 6.45) is 2.78. The minimum Gasteiger partial charge on any atom is -0.493 e. The molecule has 3 rings (SSSR count). The number of ether oxygens (including phenoxy) is 2. The smallest absolute Gasteiger partial charge is 0.255 e. The molecule has 0 spiro atoms. The second-order valence-electron chi connectivity index (χ2n) is 7.01. The van der Waals surface area contributed by atoms with Crippen LogP contribution < -0.4 is 14.8 Å². The van der Waals surface area contributed by atoms with Gasteiger partial charge in [0.25, 0.3) is 5.91 Å². The Morgan fingerprint density at radius 3 is 2.34 bits per heavy atom. The molecule has 2 aromatic carbocycles. The van der Waals surface area contributed by atoms with Crippen molar-refractivity contribution >= 4 is 21.6 Å². The lowest BCUT2D eigenvalue weighted by Crippen LogP contribution is -2.41. The Hall–Kier alpha value is -2.58. The second-order valence-corrected chi connectivity index (χ2v) is 8.90. The fourth-order valence-electron chi connectivity index (χ4n) is 3.46. The Bertz CT molecular complexity index is 973. The lowest BCUT2D eigenvalue weighted by atomic mass is 10.1. The van der Waals surface area contributed by atoms with Gasteiger partial charge in [-0.15, -0.1) is 0 Å². The van der Waals surface area contributed by atoms with Crippen LogP contribution in [0, 0.1) is 0 Å². The number of amides is 1. The molecule has 29 heavy (non-hydrogen) atoms. The summed E-state index contributed by atoms with van der Waals surface area (Å²) in [7, 11) is -0.500. The van der Waals surface area contributed by atoms with Gasteiger partial charge in [-0.25, -0.2) is 8.42 Å². The molecular formula is C21H26N2O5S. The van der Waals surface area contributed by atoms with Crippen LogP contribution in [-0.2, 0) is 10.0 Å². The number of hydrogen-bond donors (Lipinski definition) is 1. The summed E-state index contributed by atoms with van der Waals surface area (Å²) in [6, 6.07) is 11.1. The number of piperidine rings is 1. The Morgan fingerprint density at radius 2 is 1.72 bits per heavy atom. The van der Waals surface area contributed by atoms with Crippen LogP contribution >= 0.6 is 0 Å². The van der Waals surface area contributed by atoms with Crippen LogP contribution in [-0.4, -0.2) is 45.4 Å². The van der Waals surface area contributed by atoms with E-state index >= 15 is 0 Å². The maximum atomic E-state index is 12.9. The highest BCUT2D eigenvalue weighted by Crippen LogP contribution is 2.30. The third kappa shape index (κ3) is 4.54. The van der Waals surface area contributed by atoms with Gasteiger partial charge in [0.05, 0.1) is 19.1 Å². The molecule has 156 valence electrons. The quantitative estimate of drug-likeness (QED) is 0.776. The van der Waals surface area contributed by atoms with Crippen LogP contribution in [0.25, 0.3) is 0 Å². The van der Waals surface area contributed by atoms with Crippen molar-refractivity contribution < 1.29 is 22.7 Å². The highest BCUT2D eigenvalue weighted by molar-refractivity contribution is 7.89. The van der Waals surface area contributed by atoms with Gasteiger partial charge in [-0.2, -0.15) is 4.31 Å². The number of anilines is 1. The first-order valence-electron chi connectivity index (χ1n) is 9.52.